The van der Waals surface area contributed by atoms with Crippen LogP contribution in [0.3, 0.4) is 0 Å². The maximum atomic E-state index is 12.6. The summed E-state index contributed by atoms with van der Waals surface area (Å²) in [4.78, 5) is 35.4. The molecule has 1 saturated carbocycles. The molecule has 1 aromatic carbocycles. The van der Waals surface area contributed by atoms with E-state index in [9.17, 15) is 19.5 Å². The van der Waals surface area contributed by atoms with E-state index in [1.807, 2.05) is 12.2 Å². The maximum Gasteiger partial charge on any atom is 0.411 e. The molecule has 0 unspecified atom stereocenters. The summed E-state index contributed by atoms with van der Waals surface area (Å²) >= 11 is 0. The number of aliphatic carboxylic acids is 1. The first-order valence-electron chi connectivity index (χ1n) is 8.25. The number of hydrogen-bond donors (Lipinski definition) is 3. The fourth-order valence-corrected chi connectivity index (χ4v) is 3.66. The van der Waals surface area contributed by atoms with E-state index in [2.05, 4.69) is 10.6 Å². The molecule has 1 aromatic rings. The Kier molecular flexibility index (Phi) is 4.74. The van der Waals surface area contributed by atoms with Crippen LogP contribution in [0.4, 0.5) is 16.2 Å². The number of carboxylic acid groups (broad SMARTS) is 1. The van der Waals surface area contributed by atoms with Crippen molar-refractivity contribution < 1.29 is 24.2 Å². The summed E-state index contributed by atoms with van der Waals surface area (Å²) in [7, 11) is 0. The summed E-state index contributed by atoms with van der Waals surface area (Å²) in [6.07, 6.45) is 4.03. The molecule has 0 radical (unpaired) electrons. The van der Waals surface area contributed by atoms with Gasteiger partial charge in [-0.05, 0) is 49.4 Å². The molecule has 3 rings (SSSR count). The first-order valence-corrected chi connectivity index (χ1v) is 8.25. The van der Waals surface area contributed by atoms with Crippen molar-refractivity contribution in [2.45, 2.75) is 13.3 Å². The van der Waals surface area contributed by atoms with Crippen LogP contribution in [0.2, 0.25) is 0 Å². The second kappa shape index (κ2) is 6.96. The second-order valence-electron chi connectivity index (χ2n) is 6.25. The van der Waals surface area contributed by atoms with Gasteiger partial charge in [0, 0.05) is 11.4 Å². The van der Waals surface area contributed by atoms with Crippen molar-refractivity contribution in [1.82, 2.24) is 0 Å². The van der Waals surface area contributed by atoms with Crippen LogP contribution in [0.5, 0.6) is 0 Å². The Labute approximate surface area is 145 Å². The lowest BCUT2D eigenvalue weighted by molar-refractivity contribution is -0.146. The Bertz CT molecular complexity index is 713. The number of carbonyl (C=O) groups is 3. The van der Waals surface area contributed by atoms with Crippen molar-refractivity contribution in [2.75, 3.05) is 17.2 Å². The van der Waals surface area contributed by atoms with Gasteiger partial charge < -0.3 is 15.2 Å². The molecule has 2 aliphatic rings. The largest absolute Gasteiger partial charge is 0.481 e. The van der Waals surface area contributed by atoms with Gasteiger partial charge in [-0.15, -0.1) is 0 Å². The third-order valence-corrected chi connectivity index (χ3v) is 4.72. The van der Waals surface area contributed by atoms with Crippen LogP contribution in [0.1, 0.15) is 13.3 Å². The molecule has 132 valence electrons. The van der Waals surface area contributed by atoms with Gasteiger partial charge in [-0.25, -0.2) is 4.79 Å². The molecule has 2 bridgehead atoms. The number of hydrogen-bond acceptors (Lipinski definition) is 4. The van der Waals surface area contributed by atoms with Crippen molar-refractivity contribution in [3.63, 3.8) is 0 Å². The number of carbonyl (C=O) groups excluding carboxylic acids is 2. The number of anilines is 2. The minimum atomic E-state index is -0.925. The molecule has 2 amide bonds. The van der Waals surface area contributed by atoms with Crippen LogP contribution >= 0.6 is 0 Å². The lowest BCUT2D eigenvalue weighted by Crippen LogP contribution is -2.36. The summed E-state index contributed by atoms with van der Waals surface area (Å²) in [6.45, 7) is 2.00. The highest BCUT2D eigenvalue weighted by atomic mass is 16.5. The zero-order chi connectivity index (χ0) is 18.0. The standard InChI is InChI=1S/C18H20N2O5/c1-2-25-18(24)20-13-7-5-12(6-8-13)19-16(21)14-10-3-4-11(9-10)15(14)17(22)23/h3-8,10-11,14-15H,2,9H2,1H3,(H,19,21)(H,20,24)(H,22,23)/t10-,11-,14-,15-/m0/s1. The highest BCUT2D eigenvalue weighted by Gasteiger charge is 2.51. The molecule has 3 N–H and O–H groups in total. The lowest BCUT2D eigenvalue weighted by atomic mass is 9.82. The first kappa shape index (κ1) is 17.0. The molecule has 0 aliphatic heterocycles. The molecule has 2 aliphatic carbocycles. The van der Waals surface area contributed by atoms with Crippen molar-refractivity contribution in [3.05, 3.63) is 36.4 Å². The minimum absolute atomic E-state index is 0.0177. The van der Waals surface area contributed by atoms with Gasteiger partial charge in [-0.2, -0.15) is 0 Å². The van der Waals surface area contributed by atoms with Crippen LogP contribution in [-0.2, 0) is 14.3 Å². The van der Waals surface area contributed by atoms with E-state index in [-0.39, 0.29) is 24.3 Å². The first-order chi connectivity index (χ1) is 12.0. The van der Waals surface area contributed by atoms with Crippen LogP contribution in [0.15, 0.2) is 36.4 Å². The Morgan fingerprint density at radius 3 is 2.16 bits per heavy atom. The minimum Gasteiger partial charge on any atom is -0.481 e. The van der Waals surface area contributed by atoms with E-state index in [0.29, 0.717) is 11.4 Å². The van der Waals surface area contributed by atoms with Crippen molar-refractivity contribution in [3.8, 4) is 0 Å². The van der Waals surface area contributed by atoms with E-state index >= 15 is 0 Å². The van der Waals surface area contributed by atoms with Crippen LogP contribution in [0.25, 0.3) is 0 Å². The highest BCUT2D eigenvalue weighted by Crippen LogP contribution is 2.48. The SMILES string of the molecule is CCOC(=O)Nc1ccc(NC(=O)[C@@H]2[C@@H](C(=O)O)[C@H]3C=C[C@H]2C3)cc1. The fourth-order valence-electron chi connectivity index (χ4n) is 3.66. The smallest absolute Gasteiger partial charge is 0.411 e. The predicted octanol–water partition coefficient (Wildman–Crippen LogP) is 2.72. The number of carboxylic acids is 1. The zero-order valence-corrected chi connectivity index (χ0v) is 13.8. The molecule has 7 heteroatoms. The van der Waals surface area contributed by atoms with Gasteiger partial charge in [0.25, 0.3) is 0 Å². The third-order valence-electron chi connectivity index (χ3n) is 4.72. The number of nitrogens with one attached hydrogen (secondary N) is 2. The Balaban J connectivity index is 1.64. The molecule has 0 heterocycles. The Morgan fingerprint density at radius 1 is 1.04 bits per heavy atom. The van der Waals surface area contributed by atoms with Crippen molar-refractivity contribution >= 4 is 29.3 Å². The normalized spacial score (nSPS) is 26.3. The summed E-state index contributed by atoms with van der Waals surface area (Å²) in [5.74, 6) is -2.50. The number of benzene rings is 1. The number of allylic oxidation sites excluding steroid dienone is 2. The van der Waals surface area contributed by atoms with Gasteiger partial charge in [0.15, 0.2) is 0 Å². The molecule has 0 aromatic heterocycles. The van der Waals surface area contributed by atoms with Crippen LogP contribution < -0.4 is 10.6 Å². The Morgan fingerprint density at radius 2 is 1.60 bits per heavy atom. The summed E-state index contributed by atoms with van der Waals surface area (Å²) in [6, 6.07) is 6.58. The third kappa shape index (κ3) is 3.50. The molecule has 0 spiro atoms. The second-order valence-corrected chi connectivity index (χ2v) is 6.25. The van der Waals surface area contributed by atoms with Crippen molar-refractivity contribution in [1.29, 1.82) is 0 Å². The number of amides is 2. The predicted molar refractivity (Wildman–Crippen MR) is 91.1 cm³/mol. The monoisotopic (exact) mass is 344 g/mol. The van der Waals surface area contributed by atoms with Crippen molar-refractivity contribution in [2.24, 2.45) is 23.7 Å². The summed E-state index contributed by atoms with van der Waals surface area (Å²) in [5, 5.41) is 14.8. The van der Waals surface area contributed by atoms with Gasteiger partial charge in [0.05, 0.1) is 18.4 Å². The summed E-state index contributed by atoms with van der Waals surface area (Å²) < 4.78 is 4.79. The highest BCUT2D eigenvalue weighted by molar-refractivity contribution is 5.96. The molecule has 4 atom stereocenters. The number of fused-ring (bicyclic) bond motifs is 2. The molecule has 7 nitrogen and oxygen atoms in total. The fraction of sp³-hybridized carbons (Fsp3) is 0.389. The molecule has 25 heavy (non-hydrogen) atoms. The quantitative estimate of drug-likeness (QED) is 0.712. The van der Waals surface area contributed by atoms with Gasteiger partial charge in [-0.1, -0.05) is 12.2 Å². The van der Waals surface area contributed by atoms with Crippen LogP contribution in [-0.4, -0.2) is 29.7 Å². The lowest BCUT2D eigenvalue weighted by Gasteiger charge is -2.23. The van der Waals surface area contributed by atoms with Gasteiger partial charge >= 0.3 is 12.1 Å². The topological polar surface area (TPSA) is 105 Å². The number of ether oxygens (including phenoxy) is 1. The molecular weight excluding hydrogens is 324 g/mol. The van der Waals surface area contributed by atoms with E-state index in [4.69, 9.17) is 4.74 Å². The Hall–Kier alpha value is -2.83. The molecule has 1 fully saturated rings. The average molecular weight is 344 g/mol. The van der Waals surface area contributed by atoms with Gasteiger partial charge in [0.2, 0.25) is 5.91 Å². The summed E-state index contributed by atoms with van der Waals surface area (Å²) in [5.41, 5.74) is 1.10. The zero-order valence-electron chi connectivity index (χ0n) is 13.8. The van der Waals surface area contributed by atoms with Gasteiger partial charge in [-0.3, -0.25) is 14.9 Å². The average Bonchev–Trinajstić information content (AvgIpc) is 3.18. The van der Waals surface area contributed by atoms with Crippen LogP contribution in [0, 0.1) is 23.7 Å². The maximum absolute atomic E-state index is 12.6. The van der Waals surface area contributed by atoms with E-state index in [1.54, 1.807) is 31.2 Å². The van der Waals surface area contributed by atoms with Gasteiger partial charge in [0.1, 0.15) is 0 Å². The van der Waals surface area contributed by atoms with E-state index in [0.717, 1.165) is 6.42 Å². The van der Waals surface area contributed by atoms with E-state index < -0.39 is 23.9 Å². The molecular formula is C18H20N2O5. The number of rotatable bonds is 5. The van der Waals surface area contributed by atoms with E-state index in [1.165, 1.54) is 0 Å². The molecule has 0 saturated heterocycles.